The quantitative estimate of drug-likeness (QED) is 0.663. The number of ether oxygens (including phenoxy) is 1. The van der Waals surface area contributed by atoms with Crippen LogP contribution in [-0.2, 0) is 11.3 Å². The molecule has 4 rings (SSSR count). The number of hydrogen-bond donors (Lipinski definition) is 3. The lowest BCUT2D eigenvalue weighted by Crippen LogP contribution is -2.41. The van der Waals surface area contributed by atoms with E-state index in [2.05, 4.69) is 25.9 Å². The largest absolute Gasteiger partial charge is 0.378 e. The zero-order valence-electron chi connectivity index (χ0n) is 16.2. The third-order valence-electron chi connectivity index (χ3n) is 4.70. The number of nitrogens with one attached hydrogen (secondary N) is 3. The first-order valence-electron chi connectivity index (χ1n) is 9.65. The maximum Gasteiger partial charge on any atom is 0.325 e. The first-order valence-corrected chi connectivity index (χ1v) is 10.0. The van der Waals surface area contributed by atoms with E-state index in [0.29, 0.717) is 61.9 Å². The van der Waals surface area contributed by atoms with Crippen molar-refractivity contribution in [1.82, 2.24) is 25.5 Å². The van der Waals surface area contributed by atoms with Gasteiger partial charge in [-0.1, -0.05) is 11.6 Å². The minimum absolute atomic E-state index is 0.164. The Morgan fingerprint density at radius 1 is 1.17 bits per heavy atom. The van der Waals surface area contributed by atoms with Crippen molar-refractivity contribution >= 4 is 41.1 Å². The summed E-state index contributed by atoms with van der Waals surface area (Å²) in [5.41, 5.74) is 1.45. The van der Waals surface area contributed by atoms with E-state index in [1.807, 2.05) is 17.0 Å². The average Bonchev–Trinajstić information content (AvgIpc) is 3.20. The molecule has 2 aromatic rings. The Balaban J connectivity index is 1.52. The molecule has 0 unspecified atom stereocenters. The lowest BCUT2D eigenvalue weighted by molar-refractivity contribution is 0.122. The molecule has 2 saturated heterocycles. The van der Waals surface area contributed by atoms with E-state index in [0.717, 1.165) is 10.6 Å². The van der Waals surface area contributed by atoms with Gasteiger partial charge in [-0.05, 0) is 24.3 Å². The molecule has 30 heavy (non-hydrogen) atoms. The van der Waals surface area contributed by atoms with Crippen molar-refractivity contribution < 1.29 is 14.3 Å². The van der Waals surface area contributed by atoms with Crippen LogP contribution in [0.2, 0.25) is 5.02 Å². The Bertz CT molecular complexity index is 919. The minimum atomic E-state index is -0.455. The Kier molecular flexibility index (Phi) is 6.15. The number of nitrogens with zero attached hydrogens (tertiary/aromatic N) is 4. The summed E-state index contributed by atoms with van der Waals surface area (Å²) in [5.74, 6) is 1.15. The van der Waals surface area contributed by atoms with E-state index in [1.54, 1.807) is 18.2 Å². The molecule has 1 aromatic heterocycles. The molecule has 2 aliphatic heterocycles. The highest BCUT2D eigenvalue weighted by Crippen LogP contribution is 2.21. The molecule has 4 amide bonds. The standard InChI is InChI=1S/C19H22ClN7O3/c20-13-1-3-14(4-2-13)23-16-11-15(12-22-19(29)27-6-5-21-18(27)28)24-17(25-16)26-7-9-30-10-8-26/h1-4,11H,5-10,12H2,(H,21,28)(H,22,29)(H,23,24,25). The molecule has 0 atom stereocenters. The Labute approximate surface area is 178 Å². The van der Waals surface area contributed by atoms with Crippen molar-refractivity contribution in [3.63, 3.8) is 0 Å². The molecule has 0 spiro atoms. The number of urea groups is 2. The van der Waals surface area contributed by atoms with E-state index in [9.17, 15) is 9.59 Å². The number of carbonyl (C=O) groups is 2. The molecule has 11 heteroatoms. The fourth-order valence-corrected chi connectivity index (χ4v) is 3.28. The summed E-state index contributed by atoms with van der Waals surface area (Å²) >= 11 is 5.96. The number of anilines is 3. The summed E-state index contributed by atoms with van der Waals surface area (Å²) in [6.07, 6.45) is 0. The van der Waals surface area contributed by atoms with Crippen LogP contribution >= 0.6 is 11.6 Å². The number of benzene rings is 1. The molecule has 0 radical (unpaired) electrons. The summed E-state index contributed by atoms with van der Waals surface area (Å²) in [4.78, 5) is 36.3. The predicted molar refractivity (Wildman–Crippen MR) is 112 cm³/mol. The molecular formula is C19H22ClN7O3. The van der Waals surface area contributed by atoms with Gasteiger partial charge in [-0.15, -0.1) is 0 Å². The monoisotopic (exact) mass is 431 g/mol. The van der Waals surface area contributed by atoms with Crippen molar-refractivity contribution in [1.29, 1.82) is 0 Å². The smallest absolute Gasteiger partial charge is 0.325 e. The van der Waals surface area contributed by atoms with Crippen molar-refractivity contribution in [2.45, 2.75) is 6.54 Å². The van der Waals surface area contributed by atoms with Gasteiger partial charge < -0.3 is 25.6 Å². The van der Waals surface area contributed by atoms with Gasteiger partial charge in [0.1, 0.15) is 5.82 Å². The maximum atomic E-state index is 12.3. The van der Waals surface area contributed by atoms with E-state index >= 15 is 0 Å². The van der Waals surface area contributed by atoms with Crippen LogP contribution in [0.3, 0.4) is 0 Å². The van der Waals surface area contributed by atoms with E-state index in [1.165, 1.54) is 0 Å². The minimum Gasteiger partial charge on any atom is -0.378 e. The van der Waals surface area contributed by atoms with Crippen LogP contribution in [0.15, 0.2) is 30.3 Å². The molecule has 0 bridgehead atoms. The highest BCUT2D eigenvalue weighted by atomic mass is 35.5. The molecule has 0 aliphatic carbocycles. The fraction of sp³-hybridized carbons (Fsp3) is 0.368. The van der Waals surface area contributed by atoms with Crippen molar-refractivity contribution in [3.8, 4) is 0 Å². The van der Waals surface area contributed by atoms with Crippen LogP contribution < -0.4 is 20.9 Å². The summed E-state index contributed by atoms with van der Waals surface area (Å²) in [7, 11) is 0. The third kappa shape index (κ3) is 4.89. The van der Waals surface area contributed by atoms with Gasteiger partial charge in [0, 0.05) is 43.0 Å². The molecular weight excluding hydrogens is 410 g/mol. The second-order valence-electron chi connectivity index (χ2n) is 6.82. The number of aromatic nitrogens is 2. The van der Waals surface area contributed by atoms with Gasteiger partial charge >= 0.3 is 12.1 Å². The van der Waals surface area contributed by atoms with Gasteiger partial charge in [-0.2, -0.15) is 4.98 Å². The number of carbonyl (C=O) groups excluding carboxylic acids is 2. The molecule has 2 aliphatic rings. The summed E-state index contributed by atoms with van der Waals surface area (Å²) in [5, 5.41) is 9.24. The molecule has 3 heterocycles. The van der Waals surface area contributed by atoms with E-state index in [-0.39, 0.29) is 6.54 Å². The van der Waals surface area contributed by atoms with E-state index in [4.69, 9.17) is 16.3 Å². The lowest BCUT2D eigenvalue weighted by atomic mass is 10.3. The van der Waals surface area contributed by atoms with Crippen molar-refractivity contribution in [3.05, 3.63) is 41.0 Å². The van der Waals surface area contributed by atoms with E-state index < -0.39 is 12.1 Å². The van der Waals surface area contributed by atoms with Crippen LogP contribution in [0.5, 0.6) is 0 Å². The summed E-state index contributed by atoms with van der Waals surface area (Å²) < 4.78 is 5.41. The first-order chi connectivity index (χ1) is 14.6. The van der Waals surface area contributed by atoms with Crippen LogP contribution in [-0.4, -0.2) is 66.3 Å². The van der Waals surface area contributed by atoms with Crippen molar-refractivity contribution in [2.24, 2.45) is 0 Å². The highest BCUT2D eigenvalue weighted by molar-refractivity contribution is 6.30. The Hall–Kier alpha value is -3.11. The Morgan fingerprint density at radius 3 is 2.63 bits per heavy atom. The van der Waals surface area contributed by atoms with Crippen LogP contribution in [0.25, 0.3) is 0 Å². The number of hydrogen-bond acceptors (Lipinski definition) is 7. The van der Waals surface area contributed by atoms with Gasteiger partial charge in [0.15, 0.2) is 0 Å². The Morgan fingerprint density at radius 2 is 1.93 bits per heavy atom. The van der Waals surface area contributed by atoms with Gasteiger partial charge in [-0.3, -0.25) is 0 Å². The summed E-state index contributed by atoms with van der Waals surface area (Å²) in [6.45, 7) is 3.54. The number of morpholine rings is 1. The second-order valence-corrected chi connectivity index (χ2v) is 7.25. The third-order valence-corrected chi connectivity index (χ3v) is 4.95. The zero-order valence-corrected chi connectivity index (χ0v) is 17.0. The number of halogens is 1. The molecule has 1 aromatic carbocycles. The van der Waals surface area contributed by atoms with Crippen molar-refractivity contribution in [2.75, 3.05) is 49.6 Å². The first kappa shape index (κ1) is 20.2. The molecule has 3 N–H and O–H groups in total. The van der Waals surface area contributed by atoms with Gasteiger partial charge in [0.2, 0.25) is 5.95 Å². The lowest BCUT2D eigenvalue weighted by Gasteiger charge is -2.27. The normalized spacial score (nSPS) is 16.4. The number of imide groups is 1. The zero-order chi connectivity index (χ0) is 20.9. The van der Waals surface area contributed by atoms with Crippen LogP contribution in [0, 0.1) is 0 Å². The fourth-order valence-electron chi connectivity index (χ4n) is 3.15. The number of amides is 4. The summed E-state index contributed by atoms with van der Waals surface area (Å²) in [6, 6.07) is 8.20. The SMILES string of the molecule is O=C1NCCN1C(=O)NCc1cc(Nc2ccc(Cl)cc2)nc(N2CCOCC2)n1. The molecule has 10 nitrogen and oxygen atoms in total. The topological polar surface area (TPSA) is 112 Å². The molecule has 2 fully saturated rings. The van der Waals surface area contributed by atoms with Gasteiger partial charge in [-0.25, -0.2) is 19.5 Å². The number of rotatable bonds is 5. The second kappa shape index (κ2) is 9.14. The average molecular weight is 432 g/mol. The van der Waals surface area contributed by atoms with Gasteiger partial charge in [0.05, 0.1) is 25.5 Å². The maximum absolute atomic E-state index is 12.3. The highest BCUT2D eigenvalue weighted by Gasteiger charge is 2.26. The van der Waals surface area contributed by atoms with Crippen LogP contribution in [0.4, 0.5) is 27.0 Å². The molecule has 158 valence electrons. The van der Waals surface area contributed by atoms with Crippen LogP contribution in [0.1, 0.15) is 5.69 Å². The molecule has 0 saturated carbocycles. The predicted octanol–water partition coefficient (Wildman–Crippen LogP) is 1.95. The van der Waals surface area contributed by atoms with Gasteiger partial charge in [0.25, 0.3) is 0 Å².